The number of hydrogen-bond donors (Lipinski definition) is 0. The standard InChI is InChI=1S/C20H22O6S2/c1-27(21,22)25-11-17-18(12-26-28(2,23)24)20-15-9-5-3-7-13(15)19(17)14-8-4-6-10-16(14)20/h3-10,17-20H,11-12H2,1-2H3. The Morgan fingerprint density at radius 2 is 0.929 bits per heavy atom. The summed E-state index contributed by atoms with van der Waals surface area (Å²) in [5, 5.41) is 0. The smallest absolute Gasteiger partial charge is 0.264 e. The molecule has 8 heteroatoms. The Morgan fingerprint density at radius 3 is 1.18 bits per heavy atom. The first-order valence-corrected chi connectivity index (χ1v) is 12.7. The van der Waals surface area contributed by atoms with Gasteiger partial charge in [0.05, 0.1) is 25.7 Å². The van der Waals surface area contributed by atoms with Crippen molar-refractivity contribution in [3.63, 3.8) is 0 Å². The van der Waals surface area contributed by atoms with Crippen molar-refractivity contribution in [2.45, 2.75) is 11.8 Å². The number of benzene rings is 2. The van der Waals surface area contributed by atoms with E-state index in [1.54, 1.807) is 0 Å². The number of fused-ring (bicyclic) bond motifs is 1. The van der Waals surface area contributed by atoms with Crippen LogP contribution in [0.15, 0.2) is 48.5 Å². The average Bonchev–Trinajstić information content (AvgIpc) is 2.63. The summed E-state index contributed by atoms with van der Waals surface area (Å²) in [4.78, 5) is 0. The molecule has 6 nitrogen and oxygen atoms in total. The molecule has 0 aromatic heterocycles. The maximum absolute atomic E-state index is 11.6. The van der Waals surface area contributed by atoms with Gasteiger partial charge in [-0.2, -0.15) is 16.8 Å². The molecule has 2 atom stereocenters. The molecule has 2 aromatic carbocycles. The van der Waals surface area contributed by atoms with Crippen LogP contribution in [-0.4, -0.2) is 42.6 Å². The third kappa shape index (κ3) is 3.61. The summed E-state index contributed by atoms with van der Waals surface area (Å²) in [6, 6.07) is 16.1. The van der Waals surface area contributed by atoms with Gasteiger partial charge in [-0.15, -0.1) is 0 Å². The van der Waals surface area contributed by atoms with E-state index in [0.29, 0.717) is 0 Å². The van der Waals surface area contributed by atoms with Gasteiger partial charge in [-0.3, -0.25) is 8.37 Å². The molecule has 3 aliphatic rings. The van der Waals surface area contributed by atoms with E-state index in [-0.39, 0.29) is 36.9 Å². The van der Waals surface area contributed by atoms with Crippen LogP contribution in [0.2, 0.25) is 0 Å². The monoisotopic (exact) mass is 422 g/mol. The first-order valence-electron chi connectivity index (χ1n) is 9.02. The molecule has 2 aromatic rings. The van der Waals surface area contributed by atoms with E-state index in [2.05, 4.69) is 24.3 Å². The third-order valence-electron chi connectivity index (χ3n) is 5.69. The van der Waals surface area contributed by atoms with Gasteiger partial charge in [0.25, 0.3) is 20.2 Å². The molecule has 2 bridgehead atoms. The van der Waals surface area contributed by atoms with Gasteiger partial charge in [-0.1, -0.05) is 48.5 Å². The van der Waals surface area contributed by atoms with Crippen molar-refractivity contribution in [3.8, 4) is 0 Å². The first-order chi connectivity index (χ1) is 13.2. The molecule has 0 N–H and O–H groups in total. The van der Waals surface area contributed by atoms with Crippen molar-refractivity contribution in [3.05, 3.63) is 70.8 Å². The minimum absolute atomic E-state index is 0.0134. The highest BCUT2D eigenvalue weighted by atomic mass is 32.2. The predicted molar refractivity (Wildman–Crippen MR) is 105 cm³/mol. The van der Waals surface area contributed by atoms with Gasteiger partial charge in [-0.05, 0) is 22.3 Å². The molecule has 150 valence electrons. The Hall–Kier alpha value is -1.74. The molecular formula is C20H22O6S2. The Kier molecular flexibility index (Phi) is 4.86. The number of hydrogen-bond acceptors (Lipinski definition) is 6. The van der Waals surface area contributed by atoms with Crippen molar-refractivity contribution < 1.29 is 25.2 Å². The molecule has 0 fully saturated rings. The normalized spacial score (nSPS) is 25.9. The molecule has 28 heavy (non-hydrogen) atoms. The molecule has 0 spiro atoms. The zero-order valence-electron chi connectivity index (χ0n) is 15.6. The van der Waals surface area contributed by atoms with Crippen molar-refractivity contribution in [2.24, 2.45) is 11.8 Å². The molecule has 0 radical (unpaired) electrons. The van der Waals surface area contributed by atoms with E-state index >= 15 is 0 Å². The molecule has 2 unspecified atom stereocenters. The van der Waals surface area contributed by atoms with Crippen LogP contribution in [0, 0.1) is 11.8 Å². The summed E-state index contributed by atoms with van der Waals surface area (Å²) in [6.07, 6.45) is 2.05. The van der Waals surface area contributed by atoms with Crippen LogP contribution < -0.4 is 0 Å². The van der Waals surface area contributed by atoms with Crippen LogP contribution in [-0.2, 0) is 28.6 Å². The highest BCUT2D eigenvalue weighted by Crippen LogP contribution is 2.58. The first kappa shape index (κ1) is 19.6. The molecule has 0 saturated heterocycles. The lowest BCUT2D eigenvalue weighted by molar-refractivity contribution is 0.104. The van der Waals surface area contributed by atoms with Gasteiger partial charge < -0.3 is 0 Å². The van der Waals surface area contributed by atoms with E-state index in [1.807, 2.05) is 24.3 Å². The molecule has 0 heterocycles. The second-order valence-electron chi connectivity index (χ2n) is 7.52. The summed E-state index contributed by atoms with van der Waals surface area (Å²) in [5.41, 5.74) is 4.57. The quantitative estimate of drug-likeness (QED) is 0.665. The van der Waals surface area contributed by atoms with E-state index in [0.717, 1.165) is 34.8 Å². The molecule has 3 aliphatic carbocycles. The maximum Gasteiger partial charge on any atom is 0.264 e. The fourth-order valence-corrected chi connectivity index (χ4v) is 5.56. The highest BCUT2D eigenvalue weighted by Gasteiger charge is 2.50. The van der Waals surface area contributed by atoms with Crippen molar-refractivity contribution in [2.75, 3.05) is 25.7 Å². The zero-order chi connectivity index (χ0) is 20.1. The van der Waals surface area contributed by atoms with E-state index in [4.69, 9.17) is 8.37 Å². The van der Waals surface area contributed by atoms with Gasteiger partial charge in [0.1, 0.15) is 0 Å². The minimum atomic E-state index is -3.62. The topological polar surface area (TPSA) is 86.7 Å². The predicted octanol–water partition coefficient (Wildman–Crippen LogP) is 2.46. The molecule has 0 saturated carbocycles. The van der Waals surface area contributed by atoms with Crippen LogP contribution in [0.1, 0.15) is 34.1 Å². The second-order valence-corrected chi connectivity index (χ2v) is 10.8. The fraction of sp³-hybridized carbons (Fsp3) is 0.400. The van der Waals surface area contributed by atoms with Crippen LogP contribution in [0.5, 0.6) is 0 Å². The van der Waals surface area contributed by atoms with Crippen molar-refractivity contribution in [1.82, 2.24) is 0 Å². The summed E-state index contributed by atoms with van der Waals surface area (Å²) < 4.78 is 56.9. The highest BCUT2D eigenvalue weighted by molar-refractivity contribution is 7.86. The maximum atomic E-state index is 11.6. The summed E-state index contributed by atoms with van der Waals surface area (Å²) in [6.45, 7) is -0.0269. The van der Waals surface area contributed by atoms with Gasteiger partial charge in [-0.25, -0.2) is 0 Å². The van der Waals surface area contributed by atoms with E-state index in [1.165, 1.54) is 0 Å². The lowest BCUT2D eigenvalue weighted by Crippen LogP contribution is -2.44. The van der Waals surface area contributed by atoms with Gasteiger partial charge >= 0.3 is 0 Å². The largest absolute Gasteiger partial charge is 0.270 e. The zero-order valence-corrected chi connectivity index (χ0v) is 17.2. The summed E-state index contributed by atoms with van der Waals surface area (Å²) >= 11 is 0. The molecule has 0 aliphatic heterocycles. The van der Waals surface area contributed by atoms with E-state index in [9.17, 15) is 16.8 Å². The van der Waals surface area contributed by atoms with Crippen LogP contribution in [0.25, 0.3) is 0 Å². The minimum Gasteiger partial charge on any atom is -0.270 e. The van der Waals surface area contributed by atoms with Crippen LogP contribution in [0.4, 0.5) is 0 Å². The Labute approximate surface area is 165 Å². The SMILES string of the molecule is CS(=O)(=O)OCC1C2c3ccccc3C(c3ccccc32)C1COS(C)(=O)=O. The van der Waals surface area contributed by atoms with Gasteiger partial charge in [0.2, 0.25) is 0 Å². The molecule has 0 amide bonds. The molecule has 5 rings (SSSR count). The van der Waals surface area contributed by atoms with Crippen LogP contribution >= 0.6 is 0 Å². The second kappa shape index (κ2) is 6.95. The van der Waals surface area contributed by atoms with Crippen LogP contribution in [0.3, 0.4) is 0 Å². The van der Waals surface area contributed by atoms with E-state index < -0.39 is 20.2 Å². The third-order valence-corrected chi connectivity index (χ3v) is 6.82. The molecular weight excluding hydrogens is 400 g/mol. The average molecular weight is 423 g/mol. The lowest BCUT2D eigenvalue weighted by atomic mass is 9.54. The van der Waals surface area contributed by atoms with Crippen molar-refractivity contribution in [1.29, 1.82) is 0 Å². The Morgan fingerprint density at radius 1 is 0.643 bits per heavy atom. The van der Waals surface area contributed by atoms with Gasteiger partial charge in [0.15, 0.2) is 0 Å². The number of rotatable bonds is 6. The summed E-state index contributed by atoms with van der Waals surface area (Å²) in [5.74, 6) is -0.586. The Bertz CT molecular complexity index is 972. The Balaban J connectivity index is 1.83. The van der Waals surface area contributed by atoms with Gasteiger partial charge in [0, 0.05) is 23.7 Å². The summed E-state index contributed by atoms with van der Waals surface area (Å²) in [7, 11) is -7.24. The lowest BCUT2D eigenvalue weighted by Gasteiger charge is -2.50. The fourth-order valence-electron chi connectivity index (χ4n) is 4.75. The van der Waals surface area contributed by atoms with Crippen molar-refractivity contribution >= 4 is 20.2 Å².